The Bertz CT molecular complexity index is 1270. The Balaban J connectivity index is 1.92. The molecular weight excluding hydrogens is 449 g/mol. The number of hydrogen-bond acceptors (Lipinski definition) is 5. The summed E-state index contributed by atoms with van der Waals surface area (Å²) in [7, 11) is -4.08. The lowest BCUT2D eigenvalue weighted by Gasteiger charge is -2.14. The first-order valence-electron chi connectivity index (χ1n) is 8.98. The molecule has 3 aromatic carbocycles. The number of aryl methyl sites for hydroxylation is 1. The molecule has 0 saturated carbocycles. The summed E-state index contributed by atoms with van der Waals surface area (Å²) in [4.78, 5) is 11.6. The van der Waals surface area contributed by atoms with Gasteiger partial charge in [0.1, 0.15) is 11.5 Å². The van der Waals surface area contributed by atoms with Crippen LogP contribution in [0.2, 0.25) is 0 Å². The van der Waals surface area contributed by atoms with E-state index in [1.54, 1.807) is 19.1 Å². The van der Waals surface area contributed by atoms with Crippen LogP contribution in [0.15, 0.2) is 65.6 Å². The minimum Gasteiger partial charge on any atom is -0.478 e. The Morgan fingerprint density at radius 2 is 1.59 bits per heavy atom. The fraction of sp³-hybridized carbons (Fsp3) is 0.0952. The van der Waals surface area contributed by atoms with Crippen molar-refractivity contribution in [3.8, 4) is 11.5 Å². The van der Waals surface area contributed by atoms with Crippen LogP contribution in [-0.4, -0.2) is 19.5 Å². The molecule has 32 heavy (non-hydrogen) atoms. The molecule has 0 heterocycles. The van der Waals surface area contributed by atoms with E-state index in [9.17, 15) is 31.5 Å². The summed E-state index contributed by atoms with van der Waals surface area (Å²) in [6, 6.07) is 12.2. The van der Waals surface area contributed by atoms with E-state index in [1.807, 2.05) is 0 Å². The van der Waals surface area contributed by atoms with Gasteiger partial charge in [0.15, 0.2) is 0 Å². The number of rotatable bonds is 6. The molecule has 0 amide bonds. The van der Waals surface area contributed by atoms with Crippen LogP contribution in [0.5, 0.6) is 11.5 Å². The number of nitrogens with two attached hydrogens (primary N) is 1. The third-order valence-corrected chi connectivity index (χ3v) is 5.74. The van der Waals surface area contributed by atoms with Gasteiger partial charge in [-0.3, -0.25) is 4.72 Å². The van der Waals surface area contributed by atoms with Crippen molar-refractivity contribution in [3.63, 3.8) is 0 Å². The summed E-state index contributed by atoms with van der Waals surface area (Å²) < 4.78 is 71.8. The van der Waals surface area contributed by atoms with Crippen LogP contribution in [0.1, 0.15) is 21.5 Å². The zero-order valence-electron chi connectivity index (χ0n) is 16.5. The van der Waals surface area contributed by atoms with Crippen LogP contribution in [0, 0.1) is 6.92 Å². The second-order valence-corrected chi connectivity index (χ2v) is 8.46. The number of anilines is 2. The first-order chi connectivity index (χ1) is 14.9. The maximum absolute atomic E-state index is 13.0. The van der Waals surface area contributed by atoms with Gasteiger partial charge in [-0.2, -0.15) is 13.2 Å². The maximum atomic E-state index is 13.0. The molecule has 4 N–H and O–H groups in total. The molecule has 0 aliphatic heterocycles. The van der Waals surface area contributed by atoms with Gasteiger partial charge in [-0.05, 0) is 55.5 Å². The number of carboxylic acids is 1. The molecule has 7 nitrogen and oxygen atoms in total. The van der Waals surface area contributed by atoms with Crippen molar-refractivity contribution in [2.45, 2.75) is 18.0 Å². The van der Waals surface area contributed by atoms with E-state index in [4.69, 9.17) is 10.5 Å². The SMILES string of the molecule is Cc1ccc(S(=O)(=O)Nc2ccc(Oc3ccc(N)c(C(F)(F)F)c3)cc2C(=O)O)cc1. The lowest BCUT2D eigenvalue weighted by molar-refractivity contribution is -0.137. The van der Waals surface area contributed by atoms with Crippen molar-refractivity contribution >= 4 is 27.4 Å². The number of halogens is 3. The van der Waals surface area contributed by atoms with Crippen molar-refractivity contribution in [3.05, 3.63) is 77.4 Å². The fourth-order valence-electron chi connectivity index (χ4n) is 2.75. The van der Waals surface area contributed by atoms with E-state index in [2.05, 4.69) is 4.72 Å². The van der Waals surface area contributed by atoms with Crippen molar-refractivity contribution < 1.29 is 36.2 Å². The molecule has 0 atom stereocenters. The number of carbonyl (C=O) groups is 1. The largest absolute Gasteiger partial charge is 0.478 e. The highest BCUT2D eigenvalue weighted by molar-refractivity contribution is 7.92. The van der Waals surface area contributed by atoms with E-state index in [0.29, 0.717) is 6.07 Å². The first-order valence-corrected chi connectivity index (χ1v) is 10.5. The third kappa shape index (κ3) is 5.11. The number of benzene rings is 3. The summed E-state index contributed by atoms with van der Waals surface area (Å²) in [6.45, 7) is 1.78. The fourth-order valence-corrected chi connectivity index (χ4v) is 3.83. The van der Waals surface area contributed by atoms with Gasteiger partial charge in [-0.1, -0.05) is 17.7 Å². The predicted octanol–water partition coefficient (Wildman–Crippen LogP) is 4.89. The molecule has 168 valence electrons. The van der Waals surface area contributed by atoms with E-state index < -0.39 is 39.0 Å². The van der Waals surface area contributed by atoms with Crippen LogP contribution >= 0.6 is 0 Å². The molecular formula is C21H17F3N2O5S. The number of ether oxygens (including phenoxy) is 1. The third-order valence-electron chi connectivity index (χ3n) is 4.36. The molecule has 3 aromatic rings. The summed E-state index contributed by atoms with van der Waals surface area (Å²) in [5.41, 5.74) is 3.91. The summed E-state index contributed by atoms with van der Waals surface area (Å²) in [5, 5.41) is 9.49. The smallest absolute Gasteiger partial charge is 0.418 e. The Hall–Kier alpha value is -3.73. The summed E-state index contributed by atoms with van der Waals surface area (Å²) in [5.74, 6) is -1.81. The standard InChI is InChI=1S/C21H17F3N2O5S/c1-12-2-6-15(7-3-12)32(29,30)26-19-9-5-13(10-16(19)20(27)28)31-14-4-8-18(25)17(11-14)21(22,23)24/h2-11,26H,25H2,1H3,(H,27,28). The molecule has 0 aromatic heterocycles. The molecule has 0 unspecified atom stereocenters. The Kier molecular flexibility index (Phi) is 6.04. The maximum Gasteiger partial charge on any atom is 0.418 e. The zero-order valence-corrected chi connectivity index (χ0v) is 17.3. The van der Waals surface area contributed by atoms with Crippen molar-refractivity contribution in [2.75, 3.05) is 10.5 Å². The van der Waals surface area contributed by atoms with Crippen LogP contribution in [0.3, 0.4) is 0 Å². The van der Waals surface area contributed by atoms with Crippen LogP contribution < -0.4 is 15.2 Å². The minimum absolute atomic E-state index is 0.0682. The van der Waals surface area contributed by atoms with Gasteiger partial charge in [0.2, 0.25) is 0 Å². The van der Waals surface area contributed by atoms with Crippen LogP contribution in [0.25, 0.3) is 0 Å². The highest BCUT2D eigenvalue weighted by Crippen LogP contribution is 2.37. The lowest BCUT2D eigenvalue weighted by Crippen LogP contribution is -2.15. The second-order valence-electron chi connectivity index (χ2n) is 6.78. The zero-order chi connectivity index (χ0) is 23.7. The predicted molar refractivity (Wildman–Crippen MR) is 111 cm³/mol. The topological polar surface area (TPSA) is 119 Å². The van der Waals surface area contributed by atoms with Crippen LogP contribution in [0.4, 0.5) is 24.5 Å². The van der Waals surface area contributed by atoms with Gasteiger partial charge in [0.25, 0.3) is 10.0 Å². The molecule has 0 bridgehead atoms. The average molecular weight is 466 g/mol. The molecule has 3 rings (SSSR count). The van der Waals surface area contributed by atoms with E-state index in [1.165, 1.54) is 24.3 Å². The molecule has 0 fully saturated rings. The minimum atomic E-state index is -4.70. The van der Waals surface area contributed by atoms with E-state index >= 15 is 0 Å². The second kappa shape index (κ2) is 8.42. The van der Waals surface area contributed by atoms with Gasteiger partial charge in [0.05, 0.1) is 21.7 Å². The van der Waals surface area contributed by atoms with Gasteiger partial charge < -0.3 is 15.6 Å². The van der Waals surface area contributed by atoms with Crippen molar-refractivity contribution in [1.82, 2.24) is 0 Å². The molecule has 0 spiro atoms. The molecule has 11 heteroatoms. The van der Waals surface area contributed by atoms with Gasteiger partial charge in [0, 0.05) is 5.69 Å². The van der Waals surface area contributed by atoms with Crippen molar-refractivity contribution in [2.24, 2.45) is 0 Å². The molecule has 0 aliphatic carbocycles. The normalized spacial score (nSPS) is 11.8. The number of alkyl halides is 3. The number of sulfonamides is 1. The highest BCUT2D eigenvalue weighted by atomic mass is 32.2. The summed E-state index contributed by atoms with van der Waals surface area (Å²) in [6.07, 6.45) is -4.70. The summed E-state index contributed by atoms with van der Waals surface area (Å²) >= 11 is 0. The molecule has 0 aliphatic rings. The Morgan fingerprint density at radius 1 is 1.00 bits per heavy atom. The van der Waals surface area contributed by atoms with E-state index in [0.717, 1.165) is 23.8 Å². The number of nitrogens with one attached hydrogen (secondary N) is 1. The quantitative estimate of drug-likeness (QED) is 0.445. The van der Waals surface area contributed by atoms with Gasteiger partial charge in [-0.25, -0.2) is 13.2 Å². The number of aromatic carboxylic acids is 1. The monoisotopic (exact) mass is 466 g/mol. The lowest BCUT2D eigenvalue weighted by atomic mass is 10.1. The van der Waals surface area contributed by atoms with Gasteiger partial charge >= 0.3 is 12.1 Å². The molecule has 0 radical (unpaired) electrons. The first kappa shape index (κ1) is 22.9. The van der Waals surface area contributed by atoms with Crippen molar-refractivity contribution in [1.29, 1.82) is 0 Å². The van der Waals surface area contributed by atoms with Gasteiger partial charge in [-0.15, -0.1) is 0 Å². The van der Waals surface area contributed by atoms with Crippen LogP contribution in [-0.2, 0) is 16.2 Å². The highest BCUT2D eigenvalue weighted by Gasteiger charge is 2.33. The Morgan fingerprint density at radius 3 is 2.19 bits per heavy atom. The Labute approximate surface area is 181 Å². The number of carboxylic acid groups (broad SMARTS) is 1. The average Bonchev–Trinajstić information content (AvgIpc) is 2.69. The number of hydrogen-bond donors (Lipinski definition) is 3. The van der Waals surface area contributed by atoms with E-state index in [-0.39, 0.29) is 22.1 Å². The molecule has 0 saturated heterocycles. The number of nitrogen functional groups attached to an aromatic ring is 1.